The molecule has 1 heterocycles. The molecule has 0 radical (unpaired) electrons. The molecule has 2 saturated carbocycles. The van der Waals surface area contributed by atoms with Crippen molar-refractivity contribution in [3.63, 3.8) is 0 Å². The fraction of sp³-hybridized carbons (Fsp3) is 0.450. The lowest BCUT2D eigenvalue weighted by atomic mass is 9.88. The topological polar surface area (TPSA) is 101 Å². The molecule has 1 aromatic carbocycles. The van der Waals surface area contributed by atoms with Crippen LogP contribution in [0.3, 0.4) is 0 Å². The summed E-state index contributed by atoms with van der Waals surface area (Å²) in [5.74, 6) is 2.08. The molecule has 2 aromatic rings. The predicted molar refractivity (Wildman–Crippen MR) is 106 cm³/mol. The lowest BCUT2D eigenvalue weighted by Gasteiger charge is -2.20. The zero-order valence-corrected chi connectivity index (χ0v) is 16.8. The molecule has 148 valence electrons. The number of carbonyl (C=O) groups excluding carboxylic acids is 1. The number of nitrogens with zero attached hydrogens (tertiary/aromatic N) is 2. The van der Waals surface area contributed by atoms with Crippen LogP contribution in [0.4, 0.5) is 11.5 Å². The highest BCUT2D eigenvalue weighted by atomic mass is 32.2. The Hall–Kier alpha value is -2.48. The highest BCUT2D eigenvalue weighted by Crippen LogP contribution is 2.48. The van der Waals surface area contributed by atoms with Gasteiger partial charge in [-0.3, -0.25) is 9.52 Å². The number of hydrogen-bond acceptors (Lipinski definition) is 5. The number of benzene rings is 1. The first-order chi connectivity index (χ1) is 13.3. The van der Waals surface area contributed by atoms with Gasteiger partial charge in [-0.05, 0) is 69.2 Å². The molecule has 8 heteroatoms. The third-order valence-corrected chi connectivity index (χ3v) is 7.08. The SMILES string of the molecule is Cc1cc(NS(=O)(=O)c2ccc(NC(=O)C3CC4CCC3C4)cc2)nc(C)n1. The summed E-state index contributed by atoms with van der Waals surface area (Å²) in [4.78, 5) is 20.9. The molecule has 2 aliphatic rings. The standard InChI is InChI=1S/C20H24N4O3S/c1-12-9-19(22-13(2)21-12)24-28(26,27)17-7-5-16(6-8-17)23-20(25)18-11-14-3-4-15(18)10-14/h5-9,14-15,18H,3-4,10-11H2,1-2H3,(H,23,25)(H,21,22,24). The van der Waals surface area contributed by atoms with Crippen molar-refractivity contribution in [1.29, 1.82) is 0 Å². The van der Waals surface area contributed by atoms with Gasteiger partial charge >= 0.3 is 0 Å². The fourth-order valence-electron chi connectivity index (χ4n) is 4.48. The Bertz CT molecular complexity index is 984. The van der Waals surface area contributed by atoms with Crippen molar-refractivity contribution in [3.05, 3.63) is 41.9 Å². The molecule has 3 unspecified atom stereocenters. The van der Waals surface area contributed by atoms with Gasteiger partial charge in [-0.15, -0.1) is 0 Å². The van der Waals surface area contributed by atoms with E-state index in [9.17, 15) is 13.2 Å². The van der Waals surface area contributed by atoms with Gasteiger partial charge in [0.25, 0.3) is 10.0 Å². The lowest BCUT2D eigenvalue weighted by molar-refractivity contribution is -0.121. The maximum Gasteiger partial charge on any atom is 0.263 e. The Morgan fingerprint density at radius 1 is 1.07 bits per heavy atom. The largest absolute Gasteiger partial charge is 0.326 e. The van der Waals surface area contributed by atoms with Gasteiger partial charge in [0.15, 0.2) is 0 Å². The molecule has 2 bridgehead atoms. The normalized spacial score (nSPS) is 23.6. The van der Waals surface area contributed by atoms with E-state index in [-0.39, 0.29) is 22.5 Å². The van der Waals surface area contributed by atoms with Crippen molar-refractivity contribution in [2.24, 2.45) is 17.8 Å². The van der Waals surface area contributed by atoms with Crippen molar-refractivity contribution in [3.8, 4) is 0 Å². The Morgan fingerprint density at radius 2 is 1.82 bits per heavy atom. The zero-order chi connectivity index (χ0) is 19.9. The number of hydrogen-bond donors (Lipinski definition) is 2. The second-order valence-corrected chi connectivity index (χ2v) is 9.52. The van der Waals surface area contributed by atoms with E-state index < -0.39 is 10.0 Å². The summed E-state index contributed by atoms with van der Waals surface area (Å²) in [6.45, 7) is 3.48. The Labute approximate surface area is 165 Å². The zero-order valence-electron chi connectivity index (χ0n) is 16.0. The summed E-state index contributed by atoms with van der Waals surface area (Å²) in [6.07, 6.45) is 4.54. The first-order valence-electron chi connectivity index (χ1n) is 9.56. The molecule has 2 aliphatic carbocycles. The minimum Gasteiger partial charge on any atom is -0.326 e. The lowest BCUT2D eigenvalue weighted by Crippen LogP contribution is -2.27. The molecule has 0 saturated heterocycles. The van der Waals surface area contributed by atoms with Crippen LogP contribution in [-0.2, 0) is 14.8 Å². The molecule has 3 atom stereocenters. The van der Waals surface area contributed by atoms with E-state index in [0.29, 0.717) is 29.0 Å². The summed E-state index contributed by atoms with van der Waals surface area (Å²) in [6, 6.07) is 7.79. The van der Waals surface area contributed by atoms with E-state index >= 15 is 0 Å². The van der Waals surface area contributed by atoms with Crippen LogP contribution >= 0.6 is 0 Å². The molecular weight excluding hydrogens is 376 g/mol. The fourth-order valence-corrected chi connectivity index (χ4v) is 5.48. The van der Waals surface area contributed by atoms with Crippen LogP contribution in [0.1, 0.15) is 37.2 Å². The van der Waals surface area contributed by atoms with E-state index in [2.05, 4.69) is 20.0 Å². The number of aromatic nitrogens is 2. The van der Waals surface area contributed by atoms with Crippen LogP contribution in [-0.4, -0.2) is 24.3 Å². The van der Waals surface area contributed by atoms with Crippen LogP contribution in [0, 0.1) is 31.6 Å². The van der Waals surface area contributed by atoms with Gasteiger partial charge in [0, 0.05) is 23.4 Å². The molecule has 2 N–H and O–H groups in total. The molecule has 1 aromatic heterocycles. The van der Waals surface area contributed by atoms with Gasteiger partial charge in [0.2, 0.25) is 5.91 Å². The molecule has 1 amide bonds. The quantitative estimate of drug-likeness (QED) is 0.802. The average Bonchev–Trinajstić information content (AvgIpc) is 3.24. The molecule has 0 spiro atoms. The molecular formula is C20H24N4O3S. The van der Waals surface area contributed by atoms with Crippen molar-refractivity contribution in [2.45, 2.75) is 44.4 Å². The smallest absolute Gasteiger partial charge is 0.263 e. The first kappa shape index (κ1) is 18.9. The Morgan fingerprint density at radius 3 is 2.43 bits per heavy atom. The molecule has 7 nitrogen and oxygen atoms in total. The number of rotatable bonds is 5. The number of amides is 1. The van der Waals surface area contributed by atoms with E-state index in [4.69, 9.17) is 0 Å². The van der Waals surface area contributed by atoms with Gasteiger partial charge in [0.1, 0.15) is 11.6 Å². The number of fused-ring (bicyclic) bond motifs is 2. The van der Waals surface area contributed by atoms with Crippen molar-refractivity contribution in [1.82, 2.24) is 9.97 Å². The summed E-state index contributed by atoms with van der Waals surface area (Å²) >= 11 is 0. The van der Waals surface area contributed by atoms with Gasteiger partial charge in [-0.25, -0.2) is 18.4 Å². The second kappa shape index (κ2) is 7.16. The highest BCUT2D eigenvalue weighted by Gasteiger charge is 2.43. The number of sulfonamides is 1. The Kier molecular flexibility index (Phi) is 4.82. The van der Waals surface area contributed by atoms with Gasteiger partial charge in [-0.2, -0.15) is 0 Å². The van der Waals surface area contributed by atoms with E-state index in [0.717, 1.165) is 12.8 Å². The van der Waals surface area contributed by atoms with Crippen LogP contribution in [0.15, 0.2) is 35.2 Å². The van der Waals surface area contributed by atoms with Crippen LogP contribution in [0.2, 0.25) is 0 Å². The second-order valence-electron chi connectivity index (χ2n) is 7.84. The van der Waals surface area contributed by atoms with Gasteiger partial charge in [-0.1, -0.05) is 6.42 Å². The Balaban J connectivity index is 1.44. The maximum atomic E-state index is 12.6. The highest BCUT2D eigenvalue weighted by molar-refractivity contribution is 7.92. The summed E-state index contributed by atoms with van der Waals surface area (Å²) in [5.41, 5.74) is 1.30. The van der Waals surface area contributed by atoms with E-state index in [1.807, 2.05) is 0 Å². The third kappa shape index (κ3) is 3.87. The maximum absolute atomic E-state index is 12.6. The number of anilines is 2. The van der Waals surface area contributed by atoms with Crippen LogP contribution in [0.5, 0.6) is 0 Å². The minimum atomic E-state index is -3.77. The van der Waals surface area contributed by atoms with Gasteiger partial charge < -0.3 is 5.32 Å². The molecule has 28 heavy (non-hydrogen) atoms. The van der Waals surface area contributed by atoms with E-state index in [1.54, 1.807) is 32.0 Å². The monoisotopic (exact) mass is 400 g/mol. The summed E-state index contributed by atoms with van der Waals surface area (Å²) in [5, 5.41) is 2.94. The van der Waals surface area contributed by atoms with Crippen molar-refractivity contribution in [2.75, 3.05) is 10.0 Å². The van der Waals surface area contributed by atoms with Gasteiger partial charge in [0.05, 0.1) is 4.90 Å². The number of carbonyl (C=O) groups is 1. The molecule has 0 aliphatic heterocycles. The number of aryl methyl sites for hydroxylation is 2. The molecule has 2 fully saturated rings. The van der Waals surface area contributed by atoms with Crippen molar-refractivity contribution >= 4 is 27.4 Å². The average molecular weight is 401 g/mol. The van der Waals surface area contributed by atoms with Crippen molar-refractivity contribution < 1.29 is 13.2 Å². The summed E-state index contributed by atoms with van der Waals surface area (Å²) < 4.78 is 27.7. The minimum absolute atomic E-state index is 0.0490. The van der Waals surface area contributed by atoms with E-state index in [1.165, 1.54) is 25.0 Å². The summed E-state index contributed by atoms with van der Waals surface area (Å²) in [7, 11) is -3.77. The first-order valence-corrected chi connectivity index (χ1v) is 11.0. The van der Waals surface area contributed by atoms with Crippen LogP contribution < -0.4 is 10.0 Å². The molecule has 4 rings (SSSR count). The van der Waals surface area contributed by atoms with Crippen LogP contribution in [0.25, 0.3) is 0 Å². The predicted octanol–water partition coefficient (Wildman–Crippen LogP) is 3.27. The third-order valence-electron chi connectivity index (χ3n) is 5.71. The number of nitrogens with one attached hydrogen (secondary N) is 2.